The molecule has 28 heavy (non-hydrogen) atoms. The fourth-order valence-electron chi connectivity index (χ4n) is 3.38. The summed E-state index contributed by atoms with van der Waals surface area (Å²) in [5.41, 5.74) is 1.02. The van der Waals surface area contributed by atoms with Crippen LogP contribution in [0.25, 0.3) is 0 Å². The van der Waals surface area contributed by atoms with Gasteiger partial charge in [0, 0.05) is 50.2 Å². The standard InChI is InChI=1S/C20H30ClN5O2/c1-22-20(23-10-3-4-19(27)24-15-6-7-15)25-16-9-11-26(13-16)17-12-14(21)5-8-18(17)28-2/h5,8,12,15-16H,3-4,6-7,9-11,13H2,1-2H3,(H,24,27)(H2,22,23,25). The van der Waals surface area contributed by atoms with E-state index in [4.69, 9.17) is 16.3 Å². The molecule has 2 aliphatic rings. The fourth-order valence-corrected chi connectivity index (χ4v) is 3.54. The number of aliphatic imine (C=N–C) groups is 1. The molecule has 3 N–H and O–H groups in total. The SMILES string of the molecule is CN=C(NCCCC(=O)NC1CC1)NC1CCN(c2cc(Cl)ccc2OC)C1. The first-order chi connectivity index (χ1) is 13.6. The summed E-state index contributed by atoms with van der Waals surface area (Å²) in [7, 11) is 3.44. The maximum Gasteiger partial charge on any atom is 0.220 e. The van der Waals surface area contributed by atoms with Crippen molar-refractivity contribution in [3.05, 3.63) is 23.2 Å². The molecule has 0 aromatic heterocycles. The first kappa shape index (κ1) is 20.6. The van der Waals surface area contributed by atoms with Crippen LogP contribution in [-0.2, 0) is 4.79 Å². The van der Waals surface area contributed by atoms with Gasteiger partial charge in [-0.1, -0.05) is 11.6 Å². The minimum atomic E-state index is 0.147. The van der Waals surface area contributed by atoms with Crippen molar-refractivity contribution in [1.29, 1.82) is 0 Å². The van der Waals surface area contributed by atoms with Crippen molar-refractivity contribution in [1.82, 2.24) is 16.0 Å². The second kappa shape index (κ2) is 9.87. The largest absolute Gasteiger partial charge is 0.495 e. The summed E-state index contributed by atoms with van der Waals surface area (Å²) in [5, 5.41) is 10.5. The van der Waals surface area contributed by atoms with Crippen molar-refractivity contribution in [2.24, 2.45) is 4.99 Å². The molecule has 2 fully saturated rings. The number of amides is 1. The maximum absolute atomic E-state index is 11.7. The van der Waals surface area contributed by atoms with Gasteiger partial charge in [0.15, 0.2) is 5.96 Å². The Labute approximate surface area is 171 Å². The molecular formula is C20H30ClN5O2. The first-order valence-corrected chi connectivity index (χ1v) is 10.3. The Hall–Kier alpha value is -2.15. The average molecular weight is 408 g/mol. The van der Waals surface area contributed by atoms with Gasteiger partial charge in [-0.25, -0.2) is 0 Å². The van der Waals surface area contributed by atoms with Crippen molar-refractivity contribution < 1.29 is 9.53 Å². The number of hydrogen-bond acceptors (Lipinski definition) is 4. The number of carbonyl (C=O) groups is 1. The van der Waals surface area contributed by atoms with E-state index in [9.17, 15) is 4.79 Å². The molecule has 0 radical (unpaired) electrons. The third-order valence-electron chi connectivity index (χ3n) is 5.05. The van der Waals surface area contributed by atoms with Gasteiger partial charge >= 0.3 is 0 Å². The highest BCUT2D eigenvalue weighted by Crippen LogP contribution is 2.33. The van der Waals surface area contributed by atoms with Crippen LogP contribution in [0.2, 0.25) is 5.02 Å². The molecule has 8 heteroatoms. The highest BCUT2D eigenvalue weighted by atomic mass is 35.5. The Morgan fingerprint density at radius 2 is 2.11 bits per heavy atom. The highest BCUT2D eigenvalue weighted by Gasteiger charge is 2.26. The Morgan fingerprint density at radius 1 is 1.29 bits per heavy atom. The number of anilines is 1. The predicted octanol–water partition coefficient (Wildman–Crippen LogP) is 2.15. The lowest BCUT2D eigenvalue weighted by atomic mass is 10.2. The zero-order chi connectivity index (χ0) is 19.9. The lowest BCUT2D eigenvalue weighted by Gasteiger charge is -2.22. The number of hydrogen-bond donors (Lipinski definition) is 3. The molecule has 7 nitrogen and oxygen atoms in total. The van der Waals surface area contributed by atoms with Crippen LogP contribution in [0.3, 0.4) is 0 Å². The molecule has 1 heterocycles. The monoisotopic (exact) mass is 407 g/mol. The summed E-state index contributed by atoms with van der Waals surface area (Å²) in [6.45, 7) is 2.49. The van der Waals surface area contributed by atoms with Crippen LogP contribution < -0.4 is 25.6 Å². The Morgan fingerprint density at radius 3 is 2.82 bits per heavy atom. The summed E-state index contributed by atoms with van der Waals surface area (Å²) >= 11 is 6.16. The lowest BCUT2D eigenvalue weighted by molar-refractivity contribution is -0.121. The molecule has 1 aromatic rings. The molecule has 1 amide bonds. The molecular weight excluding hydrogens is 378 g/mol. The predicted molar refractivity (Wildman–Crippen MR) is 114 cm³/mol. The number of carbonyl (C=O) groups excluding carboxylic acids is 1. The van der Waals surface area contributed by atoms with E-state index < -0.39 is 0 Å². The average Bonchev–Trinajstić information content (AvgIpc) is 3.38. The van der Waals surface area contributed by atoms with Crippen LogP contribution in [0.5, 0.6) is 5.75 Å². The summed E-state index contributed by atoms with van der Waals surface area (Å²) in [4.78, 5) is 18.3. The van der Waals surface area contributed by atoms with Gasteiger partial charge < -0.3 is 25.6 Å². The Bertz CT molecular complexity index is 708. The minimum absolute atomic E-state index is 0.147. The molecule has 1 unspecified atom stereocenters. The molecule has 154 valence electrons. The molecule has 3 rings (SSSR count). The van der Waals surface area contributed by atoms with Gasteiger partial charge in [-0.2, -0.15) is 0 Å². The maximum atomic E-state index is 11.7. The highest BCUT2D eigenvalue weighted by molar-refractivity contribution is 6.30. The topological polar surface area (TPSA) is 78.0 Å². The van der Waals surface area contributed by atoms with Crippen molar-refractivity contribution in [3.8, 4) is 5.75 Å². The summed E-state index contributed by atoms with van der Waals surface area (Å²) in [5.74, 6) is 1.75. The van der Waals surface area contributed by atoms with Crippen molar-refractivity contribution in [3.63, 3.8) is 0 Å². The van der Waals surface area contributed by atoms with Gasteiger partial charge in [-0.15, -0.1) is 0 Å². The van der Waals surface area contributed by atoms with Crippen LogP contribution >= 0.6 is 11.6 Å². The number of ether oxygens (including phenoxy) is 1. The molecule has 1 aliphatic carbocycles. The molecule has 1 saturated heterocycles. The fraction of sp³-hybridized carbons (Fsp3) is 0.600. The summed E-state index contributed by atoms with van der Waals surface area (Å²) < 4.78 is 5.47. The van der Waals surface area contributed by atoms with Crippen molar-refractivity contribution in [2.75, 3.05) is 38.7 Å². The van der Waals surface area contributed by atoms with E-state index in [1.165, 1.54) is 0 Å². The van der Waals surface area contributed by atoms with Crippen LogP contribution in [0, 0.1) is 0 Å². The third kappa shape index (κ3) is 5.92. The van der Waals surface area contributed by atoms with Gasteiger partial charge in [0.05, 0.1) is 12.8 Å². The summed E-state index contributed by atoms with van der Waals surface area (Å²) in [6.07, 6.45) is 4.59. The van der Waals surface area contributed by atoms with Crippen LogP contribution in [0.15, 0.2) is 23.2 Å². The smallest absolute Gasteiger partial charge is 0.220 e. The number of nitrogens with one attached hydrogen (secondary N) is 3. The Kier molecular flexibility index (Phi) is 7.25. The second-order valence-corrected chi connectivity index (χ2v) is 7.77. The zero-order valence-corrected chi connectivity index (χ0v) is 17.4. The molecule has 1 saturated carbocycles. The van der Waals surface area contributed by atoms with Crippen molar-refractivity contribution in [2.45, 2.75) is 44.2 Å². The van der Waals surface area contributed by atoms with Gasteiger partial charge in [-0.3, -0.25) is 9.79 Å². The normalized spacial score (nSPS) is 19.5. The van der Waals surface area contributed by atoms with E-state index in [-0.39, 0.29) is 11.9 Å². The summed E-state index contributed by atoms with van der Waals surface area (Å²) in [6, 6.07) is 6.40. The van der Waals surface area contributed by atoms with Gasteiger partial charge in [0.1, 0.15) is 5.75 Å². The number of benzene rings is 1. The minimum Gasteiger partial charge on any atom is -0.495 e. The van der Waals surface area contributed by atoms with E-state index >= 15 is 0 Å². The van der Waals surface area contributed by atoms with Crippen LogP contribution in [0.1, 0.15) is 32.1 Å². The number of rotatable bonds is 8. The molecule has 1 atom stereocenters. The van der Waals surface area contributed by atoms with E-state index in [1.54, 1.807) is 14.2 Å². The zero-order valence-electron chi connectivity index (χ0n) is 16.6. The Balaban J connectivity index is 1.42. The number of nitrogens with zero attached hydrogens (tertiary/aromatic N) is 2. The second-order valence-electron chi connectivity index (χ2n) is 7.34. The van der Waals surface area contributed by atoms with Crippen LogP contribution in [-0.4, -0.2) is 57.7 Å². The van der Waals surface area contributed by atoms with E-state index in [0.717, 1.165) is 62.7 Å². The molecule has 1 aliphatic heterocycles. The van der Waals surface area contributed by atoms with E-state index in [1.807, 2.05) is 18.2 Å². The molecule has 0 bridgehead atoms. The van der Waals surface area contributed by atoms with Crippen molar-refractivity contribution >= 4 is 29.2 Å². The van der Waals surface area contributed by atoms with Crippen LogP contribution in [0.4, 0.5) is 5.69 Å². The molecule has 0 spiro atoms. The lowest BCUT2D eigenvalue weighted by Crippen LogP contribution is -2.45. The number of halogens is 1. The third-order valence-corrected chi connectivity index (χ3v) is 5.28. The van der Waals surface area contributed by atoms with Gasteiger partial charge in [0.2, 0.25) is 5.91 Å². The number of guanidine groups is 1. The van der Waals surface area contributed by atoms with Gasteiger partial charge in [-0.05, 0) is 43.9 Å². The molecule has 1 aromatic carbocycles. The quantitative estimate of drug-likeness (QED) is 0.349. The van der Waals surface area contributed by atoms with E-state index in [2.05, 4.69) is 25.8 Å². The van der Waals surface area contributed by atoms with E-state index in [0.29, 0.717) is 17.5 Å². The van der Waals surface area contributed by atoms with Gasteiger partial charge in [0.25, 0.3) is 0 Å². The number of methoxy groups -OCH3 is 1. The first-order valence-electron chi connectivity index (χ1n) is 9.94.